The van der Waals surface area contributed by atoms with E-state index in [1.54, 1.807) is 0 Å². The summed E-state index contributed by atoms with van der Waals surface area (Å²) in [7, 11) is 0. The molecule has 0 saturated carbocycles. The van der Waals surface area contributed by atoms with Gasteiger partial charge in [0.1, 0.15) is 0 Å². The van der Waals surface area contributed by atoms with Crippen LogP contribution >= 0.6 is 0 Å². The molecular formula is C26H23N. The lowest BCUT2D eigenvalue weighted by atomic mass is 9.82. The Morgan fingerprint density at radius 2 is 0.741 bits per heavy atom. The topological polar surface area (TPSA) is 3.24 Å². The summed E-state index contributed by atoms with van der Waals surface area (Å²) in [5.41, 5.74) is 4.48. The first-order valence-corrected chi connectivity index (χ1v) is 9.31. The van der Waals surface area contributed by atoms with E-state index in [0.29, 0.717) is 0 Å². The smallest absolute Gasteiger partial charge is 0.0926 e. The van der Waals surface area contributed by atoms with E-state index < -0.39 is 0 Å². The van der Waals surface area contributed by atoms with Crippen LogP contribution < -0.4 is 4.90 Å². The lowest BCUT2D eigenvalue weighted by Gasteiger charge is -2.44. The number of rotatable bonds is 5. The molecule has 0 saturated heterocycles. The summed E-state index contributed by atoms with van der Waals surface area (Å²) in [4.78, 5) is 2.43. The minimum absolute atomic E-state index is 0.356. The Balaban J connectivity index is 2.01. The standard InChI is InChI=1S/C26H23N/c1-26(22-14-6-2-7-15-22,23-16-8-3-9-17-23)27(24-18-10-4-11-19-24)25-20-12-5-13-21-25/h2-21H,1H3. The third-order valence-corrected chi connectivity index (χ3v) is 5.15. The van der Waals surface area contributed by atoms with Gasteiger partial charge in [0, 0.05) is 11.4 Å². The number of anilines is 2. The highest BCUT2D eigenvalue weighted by Crippen LogP contribution is 2.43. The Kier molecular flexibility index (Phi) is 4.76. The first kappa shape index (κ1) is 17.1. The van der Waals surface area contributed by atoms with Crippen molar-refractivity contribution in [1.82, 2.24) is 0 Å². The van der Waals surface area contributed by atoms with Crippen LogP contribution in [0, 0.1) is 0 Å². The summed E-state index contributed by atoms with van der Waals surface area (Å²) in [6, 6.07) is 42.7. The van der Waals surface area contributed by atoms with Crippen molar-refractivity contribution in [1.29, 1.82) is 0 Å². The molecule has 0 N–H and O–H groups in total. The lowest BCUT2D eigenvalue weighted by Crippen LogP contribution is -2.42. The molecule has 0 unspecified atom stereocenters. The minimum Gasteiger partial charge on any atom is -0.327 e. The highest BCUT2D eigenvalue weighted by atomic mass is 15.2. The molecule has 0 aliphatic carbocycles. The molecule has 1 nitrogen and oxygen atoms in total. The maximum absolute atomic E-state index is 2.43. The Morgan fingerprint density at radius 1 is 0.444 bits per heavy atom. The molecule has 4 aromatic carbocycles. The zero-order valence-electron chi connectivity index (χ0n) is 15.5. The SMILES string of the molecule is CC(c1ccccc1)(c1ccccc1)N(c1ccccc1)c1ccccc1. The Labute approximate surface area is 161 Å². The summed E-state index contributed by atoms with van der Waals surface area (Å²) in [6.45, 7) is 2.30. The number of para-hydroxylation sites is 2. The quantitative estimate of drug-likeness (QED) is 0.383. The molecule has 0 aromatic heterocycles. The Bertz CT molecular complexity index is 885. The van der Waals surface area contributed by atoms with Crippen LogP contribution in [0.25, 0.3) is 0 Å². The molecule has 4 aromatic rings. The summed E-state index contributed by atoms with van der Waals surface area (Å²) in [5, 5.41) is 0. The van der Waals surface area contributed by atoms with Gasteiger partial charge in [-0.3, -0.25) is 0 Å². The normalized spacial score (nSPS) is 11.1. The molecule has 0 bridgehead atoms. The molecule has 0 amide bonds. The fraction of sp³-hybridized carbons (Fsp3) is 0.0769. The average molecular weight is 349 g/mol. The van der Waals surface area contributed by atoms with Crippen LogP contribution in [-0.2, 0) is 5.54 Å². The molecule has 27 heavy (non-hydrogen) atoms. The van der Waals surface area contributed by atoms with E-state index in [4.69, 9.17) is 0 Å². The summed E-state index contributed by atoms with van der Waals surface area (Å²) in [6.07, 6.45) is 0. The van der Waals surface area contributed by atoms with Crippen molar-refractivity contribution in [3.63, 3.8) is 0 Å². The van der Waals surface area contributed by atoms with Gasteiger partial charge in [0.15, 0.2) is 0 Å². The number of hydrogen-bond acceptors (Lipinski definition) is 1. The van der Waals surface area contributed by atoms with Crippen molar-refractivity contribution < 1.29 is 0 Å². The molecule has 1 heteroatoms. The van der Waals surface area contributed by atoms with Gasteiger partial charge in [0.05, 0.1) is 5.54 Å². The van der Waals surface area contributed by atoms with Crippen LogP contribution in [0.5, 0.6) is 0 Å². The van der Waals surface area contributed by atoms with Crippen LogP contribution in [0.2, 0.25) is 0 Å². The summed E-state index contributed by atoms with van der Waals surface area (Å²) < 4.78 is 0. The molecule has 0 spiro atoms. The van der Waals surface area contributed by atoms with Gasteiger partial charge < -0.3 is 4.90 Å². The van der Waals surface area contributed by atoms with E-state index >= 15 is 0 Å². The molecule has 0 aliphatic heterocycles. The van der Waals surface area contributed by atoms with Crippen molar-refractivity contribution in [2.75, 3.05) is 4.90 Å². The third-order valence-electron chi connectivity index (χ3n) is 5.15. The molecule has 0 heterocycles. The number of nitrogens with zero attached hydrogens (tertiary/aromatic N) is 1. The van der Waals surface area contributed by atoms with Gasteiger partial charge in [-0.2, -0.15) is 0 Å². The van der Waals surface area contributed by atoms with Crippen LogP contribution in [0.3, 0.4) is 0 Å². The van der Waals surface area contributed by atoms with Crippen molar-refractivity contribution in [3.05, 3.63) is 132 Å². The highest BCUT2D eigenvalue weighted by Gasteiger charge is 2.36. The third kappa shape index (κ3) is 3.24. The number of hydrogen-bond donors (Lipinski definition) is 0. The zero-order valence-corrected chi connectivity index (χ0v) is 15.5. The van der Waals surface area contributed by atoms with E-state index in [0.717, 1.165) is 0 Å². The van der Waals surface area contributed by atoms with Crippen LogP contribution in [0.15, 0.2) is 121 Å². The lowest BCUT2D eigenvalue weighted by molar-refractivity contribution is 0.581. The van der Waals surface area contributed by atoms with Gasteiger partial charge >= 0.3 is 0 Å². The molecule has 0 atom stereocenters. The second-order valence-electron chi connectivity index (χ2n) is 6.81. The maximum atomic E-state index is 2.43. The van der Waals surface area contributed by atoms with E-state index in [1.807, 2.05) is 0 Å². The Hall–Kier alpha value is -3.32. The van der Waals surface area contributed by atoms with Crippen LogP contribution in [-0.4, -0.2) is 0 Å². The molecular weight excluding hydrogens is 326 g/mol. The average Bonchev–Trinajstić information content (AvgIpc) is 2.76. The van der Waals surface area contributed by atoms with E-state index in [9.17, 15) is 0 Å². The Morgan fingerprint density at radius 3 is 1.07 bits per heavy atom. The highest BCUT2D eigenvalue weighted by molar-refractivity contribution is 5.69. The minimum atomic E-state index is -0.356. The first-order chi connectivity index (χ1) is 13.3. The first-order valence-electron chi connectivity index (χ1n) is 9.31. The van der Waals surface area contributed by atoms with Gasteiger partial charge in [-0.15, -0.1) is 0 Å². The van der Waals surface area contributed by atoms with E-state index in [-0.39, 0.29) is 5.54 Å². The van der Waals surface area contributed by atoms with Crippen molar-refractivity contribution in [2.24, 2.45) is 0 Å². The molecule has 4 rings (SSSR count). The summed E-state index contributed by atoms with van der Waals surface area (Å²) in [5.74, 6) is 0. The van der Waals surface area contributed by atoms with Crippen molar-refractivity contribution >= 4 is 11.4 Å². The molecule has 0 aliphatic rings. The monoisotopic (exact) mass is 349 g/mol. The summed E-state index contributed by atoms with van der Waals surface area (Å²) >= 11 is 0. The maximum Gasteiger partial charge on any atom is 0.0926 e. The molecule has 0 radical (unpaired) electrons. The van der Waals surface area contributed by atoms with Gasteiger partial charge in [-0.25, -0.2) is 0 Å². The fourth-order valence-corrected chi connectivity index (χ4v) is 3.77. The second kappa shape index (κ2) is 7.51. The van der Waals surface area contributed by atoms with E-state index in [1.165, 1.54) is 22.5 Å². The molecule has 0 fully saturated rings. The van der Waals surface area contributed by atoms with Crippen molar-refractivity contribution in [3.8, 4) is 0 Å². The molecule has 132 valence electrons. The predicted molar refractivity (Wildman–Crippen MR) is 114 cm³/mol. The van der Waals surface area contributed by atoms with Gasteiger partial charge in [-0.1, -0.05) is 97.1 Å². The van der Waals surface area contributed by atoms with Crippen molar-refractivity contribution in [2.45, 2.75) is 12.5 Å². The largest absolute Gasteiger partial charge is 0.327 e. The van der Waals surface area contributed by atoms with Gasteiger partial charge in [-0.05, 0) is 42.3 Å². The second-order valence-corrected chi connectivity index (χ2v) is 6.81. The van der Waals surface area contributed by atoms with Crippen LogP contribution in [0.1, 0.15) is 18.1 Å². The van der Waals surface area contributed by atoms with Gasteiger partial charge in [0.2, 0.25) is 0 Å². The van der Waals surface area contributed by atoms with E-state index in [2.05, 4.69) is 133 Å². The number of benzene rings is 4. The zero-order chi connectivity index (χ0) is 18.5. The predicted octanol–water partition coefficient (Wildman–Crippen LogP) is 6.79. The fourth-order valence-electron chi connectivity index (χ4n) is 3.77. The van der Waals surface area contributed by atoms with Gasteiger partial charge in [0.25, 0.3) is 0 Å². The van der Waals surface area contributed by atoms with Crippen LogP contribution in [0.4, 0.5) is 11.4 Å².